The van der Waals surface area contributed by atoms with Crippen LogP contribution in [0.15, 0.2) is 29.0 Å². The third-order valence-corrected chi connectivity index (χ3v) is 4.45. The van der Waals surface area contributed by atoms with Crippen LogP contribution in [0.2, 0.25) is 0 Å². The molecule has 112 valence electrons. The minimum atomic E-state index is 0.577. The first-order valence-corrected chi connectivity index (χ1v) is 7.86. The van der Waals surface area contributed by atoms with E-state index in [1.165, 1.54) is 49.7 Å². The Bertz CT molecular complexity index is 580. The van der Waals surface area contributed by atoms with E-state index in [0.29, 0.717) is 11.9 Å². The molecule has 1 aliphatic carbocycles. The Morgan fingerprint density at radius 1 is 1.19 bits per heavy atom. The Labute approximate surface area is 126 Å². The smallest absolute Gasteiger partial charge is 0.247 e. The molecule has 0 bridgehead atoms. The number of hydrogen-bond acceptors (Lipinski definition) is 4. The fourth-order valence-corrected chi connectivity index (χ4v) is 3.11. The van der Waals surface area contributed by atoms with E-state index < -0.39 is 0 Å². The number of nitrogens with zero attached hydrogens (tertiary/aromatic N) is 2. The van der Waals surface area contributed by atoms with Crippen LogP contribution in [-0.4, -0.2) is 16.2 Å². The van der Waals surface area contributed by atoms with E-state index in [0.717, 1.165) is 11.5 Å². The lowest BCUT2D eigenvalue weighted by molar-refractivity contribution is 0.502. The largest absolute Gasteiger partial charge is 0.423 e. The van der Waals surface area contributed by atoms with Crippen LogP contribution in [0, 0.1) is 12.8 Å². The highest BCUT2D eigenvalue weighted by atomic mass is 16.4. The molecule has 0 radical (unpaired) electrons. The molecule has 0 spiro atoms. The Balaban J connectivity index is 1.71. The highest BCUT2D eigenvalue weighted by Gasteiger charge is 2.16. The van der Waals surface area contributed by atoms with Gasteiger partial charge in [-0.1, -0.05) is 19.8 Å². The fraction of sp³-hybridized carbons (Fsp3) is 0.529. The third-order valence-electron chi connectivity index (χ3n) is 4.45. The van der Waals surface area contributed by atoms with Crippen molar-refractivity contribution in [3.63, 3.8) is 0 Å². The molecule has 4 heteroatoms. The lowest BCUT2D eigenvalue weighted by atomic mass is 10.0. The van der Waals surface area contributed by atoms with E-state index in [1.807, 2.05) is 6.07 Å². The standard InChI is InChI=1S/C17H23N3O/c1-12-4-3-5-15(8-6-12)19-16-9-7-14(10-13(16)2)17-20-18-11-21-17/h7,9-12,15,19H,3-6,8H2,1-2H3. The number of nitrogens with one attached hydrogen (secondary N) is 1. The molecule has 1 aromatic heterocycles. The number of anilines is 1. The average Bonchev–Trinajstić information content (AvgIpc) is 2.93. The van der Waals surface area contributed by atoms with Crippen LogP contribution in [0.3, 0.4) is 0 Å². The first-order chi connectivity index (χ1) is 10.2. The van der Waals surface area contributed by atoms with Gasteiger partial charge in [0.25, 0.3) is 0 Å². The second kappa shape index (κ2) is 6.29. The lowest BCUT2D eigenvalue weighted by Gasteiger charge is -2.19. The molecular weight excluding hydrogens is 262 g/mol. The van der Waals surface area contributed by atoms with Crippen molar-refractivity contribution in [2.24, 2.45) is 5.92 Å². The number of rotatable bonds is 3. The molecule has 1 aliphatic rings. The average molecular weight is 285 g/mol. The summed E-state index contributed by atoms with van der Waals surface area (Å²) in [5.74, 6) is 1.45. The predicted octanol–water partition coefficient (Wildman–Crippen LogP) is 4.43. The van der Waals surface area contributed by atoms with Crippen molar-refractivity contribution in [3.8, 4) is 11.5 Å². The third kappa shape index (κ3) is 3.43. The second-order valence-corrected chi connectivity index (χ2v) is 6.23. The van der Waals surface area contributed by atoms with Gasteiger partial charge in [-0.2, -0.15) is 0 Å². The first kappa shape index (κ1) is 14.1. The van der Waals surface area contributed by atoms with Gasteiger partial charge in [-0.05, 0) is 55.9 Å². The zero-order valence-corrected chi connectivity index (χ0v) is 12.8. The topological polar surface area (TPSA) is 51.0 Å². The van der Waals surface area contributed by atoms with Crippen LogP contribution < -0.4 is 5.32 Å². The van der Waals surface area contributed by atoms with Crippen molar-refractivity contribution >= 4 is 5.69 Å². The number of benzene rings is 1. The van der Waals surface area contributed by atoms with Gasteiger partial charge in [0.2, 0.25) is 12.3 Å². The van der Waals surface area contributed by atoms with Crippen molar-refractivity contribution in [2.75, 3.05) is 5.32 Å². The SMILES string of the molecule is Cc1cc(-c2nnco2)ccc1NC1CCCC(C)CC1. The van der Waals surface area contributed by atoms with Crippen LogP contribution in [0.4, 0.5) is 5.69 Å². The summed E-state index contributed by atoms with van der Waals surface area (Å²) in [6.45, 7) is 4.49. The summed E-state index contributed by atoms with van der Waals surface area (Å²) in [6.07, 6.45) is 7.94. The van der Waals surface area contributed by atoms with Gasteiger partial charge in [0.15, 0.2) is 0 Å². The summed E-state index contributed by atoms with van der Waals surface area (Å²) in [4.78, 5) is 0. The highest BCUT2D eigenvalue weighted by molar-refractivity contribution is 5.62. The van der Waals surface area contributed by atoms with E-state index in [2.05, 4.69) is 41.5 Å². The van der Waals surface area contributed by atoms with Gasteiger partial charge in [0.1, 0.15) is 0 Å². The monoisotopic (exact) mass is 285 g/mol. The summed E-state index contributed by atoms with van der Waals surface area (Å²) in [5.41, 5.74) is 3.42. The molecule has 0 saturated heterocycles. The van der Waals surface area contributed by atoms with Gasteiger partial charge in [0.05, 0.1) is 0 Å². The molecule has 1 heterocycles. The molecule has 1 saturated carbocycles. The molecule has 3 rings (SSSR count). The molecule has 1 fully saturated rings. The van der Waals surface area contributed by atoms with Crippen molar-refractivity contribution < 1.29 is 4.42 Å². The zero-order chi connectivity index (χ0) is 14.7. The van der Waals surface area contributed by atoms with Gasteiger partial charge in [-0.25, -0.2) is 0 Å². The molecule has 2 unspecified atom stereocenters. The van der Waals surface area contributed by atoms with E-state index in [-0.39, 0.29) is 0 Å². The fourth-order valence-electron chi connectivity index (χ4n) is 3.11. The summed E-state index contributed by atoms with van der Waals surface area (Å²) >= 11 is 0. The number of aromatic nitrogens is 2. The maximum absolute atomic E-state index is 5.25. The summed E-state index contributed by atoms with van der Waals surface area (Å²) < 4.78 is 5.25. The van der Waals surface area contributed by atoms with Crippen LogP contribution in [0.1, 0.15) is 44.6 Å². The molecule has 21 heavy (non-hydrogen) atoms. The van der Waals surface area contributed by atoms with E-state index >= 15 is 0 Å². The van der Waals surface area contributed by atoms with Crippen molar-refractivity contribution in [2.45, 2.75) is 52.0 Å². The minimum Gasteiger partial charge on any atom is -0.423 e. The minimum absolute atomic E-state index is 0.577. The van der Waals surface area contributed by atoms with E-state index in [4.69, 9.17) is 4.42 Å². The van der Waals surface area contributed by atoms with Gasteiger partial charge in [-0.3, -0.25) is 0 Å². The first-order valence-electron chi connectivity index (χ1n) is 7.86. The maximum Gasteiger partial charge on any atom is 0.247 e. The van der Waals surface area contributed by atoms with Crippen molar-refractivity contribution in [1.82, 2.24) is 10.2 Å². The Morgan fingerprint density at radius 2 is 2.10 bits per heavy atom. The zero-order valence-electron chi connectivity index (χ0n) is 12.8. The Morgan fingerprint density at radius 3 is 2.86 bits per heavy atom. The quantitative estimate of drug-likeness (QED) is 0.848. The molecule has 1 N–H and O–H groups in total. The van der Waals surface area contributed by atoms with Crippen LogP contribution in [0.25, 0.3) is 11.5 Å². The van der Waals surface area contributed by atoms with Gasteiger partial charge in [0, 0.05) is 17.3 Å². The summed E-state index contributed by atoms with van der Waals surface area (Å²) in [5, 5.41) is 11.4. The normalized spacial score (nSPS) is 22.8. The van der Waals surface area contributed by atoms with Gasteiger partial charge < -0.3 is 9.73 Å². The van der Waals surface area contributed by atoms with Crippen LogP contribution in [0.5, 0.6) is 0 Å². The maximum atomic E-state index is 5.25. The number of aryl methyl sites for hydroxylation is 1. The molecule has 0 aliphatic heterocycles. The van der Waals surface area contributed by atoms with Gasteiger partial charge in [-0.15, -0.1) is 10.2 Å². The van der Waals surface area contributed by atoms with Crippen LogP contribution in [-0.2, 0) is 0 Å². The van der Waals surface area contributed by atoms with Crippen molar-refractivity contribution in [3.05, 3.63) is 30.2 Å². The van der Waals surface area contributed by atoms with Crippen molar-refractivity contribution in [1.29, 1.82) is 0 Å². The molecule has 4 nitrogen and oxygen atoms in total. The molecular formula is C17H23N3O. The second-order valence-electron chi connectivity index (χ2n) is 6.23. The molecule has 1 aromatic carbocycles. The Hall–Kier alpha value is -1.84. The Kier molecular flexibility index (Phi) is 4.23. The summed E-state index contributed by atoms with van der Waals surface area (Å²) in [7, 11) is 0. The van der Waals surface area contributed by atoms with Gasteiger partial charge >= 0.3 is 0 Å². The molecule has 2 atom stereocenters. The molecule has 0 amide bonds. The van der Waals surface area contributed by atoms with E-state index in [9.17, 15) is 0 Å². The number of hydrogen-bond donors (Lipinski definition) is 1. The van der Waals surface area contributed by atoms with Crippen LogP contribution >= 0.6 is 0 Å². The lowest BCUT2D eigenvalue weighted by Crippen LogP contribution is -2.19. The predicted molar refractivity (Wildman–Crippen MR) is 84.1 cm³/mol. The summed E-state index contributed by atoms with van der Waals surface area (Å²) in [6, 6.07) is 6.88. The van der Waals surface area contributed by atoms with E-state index in [1.54, 1.807) is 0 Å². The molecule has 2 aromatic rings. The highest BCUT2D eigenvalue weighted by Crippen LogP contribution is 2.28.